The molecule has 1 N–H and O–H groups in total. The number of benzene rings is 1. The molecule has 1 amide bonds. The molecule has 1 aromatic carbocycles. The number of amides is 1. The third-order valence-corrected chi connectivity index (χ3v) is 3.60. The molecule has 0 spiro atoms. The monoisotopic (exact) mass is 320 g/mol. The highest BCUT2D eigenvalue weighted by Crippen LogP contribution is 2.19. The van der Waals surface area contributed by atoms with E-state index in [4.69, 9.17) is 4.74 Å². The molecular formula is C19H32N2O2. The van der Waals surface area contributed by atoms with Gasteiger partial charge in [0.15, 0.2) is 0 Å². The fourth-order valence-electron chi connectivity index (χ4n) is 2.18. The summed E-state index contributed by atoms with van der Waals surface area (Å²) in [5.74, 6) is 0. The number of anilines is 1. The summed E-state index contributed by atoms with van der Waals surface area (Å²) in [6, 6.07) is 6.30. The SMILES string of the molecule is Cc1ccc(NCCN(C(=O)OC(C)(C)C)C(C)(C)C)cc1C. The maximum atomic E-state index is 12.4. The molecule has 23 heavy (non-hydrogen) atoms. The minimum atomic E-state index is -0.484. The number of rotatable bonds is 4. The Labute approximate surface area is 141 Å². The van der Waals surface area contributed by atoms with Gasteiger partial charge in [-0.3, -0.25) is 0 Å². The van der Waals surface area contributed by atoms with Crippen LogP contribution in [-0.2, 0) is 4.74 Å². The minimum absolute atomic E-state index is 0.271. The highest BCUT2D eigenvalue weighted by molar-refractivity contribution is 5.69. The van der Waals surface area contributed by atoms with E-state index in [2.05, 4.69) is 37.4 Å². The third kappa shape index (κ3) is 6.51. The topological polar surface area (TPSA) is 41.6 Å². The Kier molecular flexibility index (Phi) is 6.09. The summed E-state index contributed by atoms with van der Waals surface area (Å²) in [5.41, 5.74) is 2.84. The van der Waals surface area contributed by atoms with Crippen LogP contribution < -0.4 is 5.32 Å². The Balaban J connectivity index is 2.68. The lowest BCUT2D eigenvalue weighted by atomic mass is 10.1. The first-order valence-corrected chi connectivity index (χ1v) is 8.22. The van der Waals surface area contributed by atoms with Crippen LogP contribution in [0.5, 0.6) is 0 Å². The maximum absolute atomic E-state index is 12.4. The van der Waals surface area contributed by atoms with Crippen molar-refractivity contribution >= 4 is 11.8 Å². The molecule has 0 aromatic heterocycles. The van der Waals surface area contributed by atoms with E-state index in [0.29, 0.717) is 13.1 Å². The van der Waals surface area contributed by atoms with Crippen LogP contribution in [0.2, 0.25) is 0 Å². The van der Waals surface area contributed by atoms with E-state index in [1.807, 2.05) is 41.5 Å². The predicted molar refractivity (Wildman–Crippen MR) is 97.1 cm³/mol. The summed E-state index contributed by atoms with van der Waals surface area (Å²) < 4.78 is 5.52. The minimum Gasteiger partial charge on any atom is -0.444 e. The van der Waals surface area contributed by atoms with Gasteiger partial charge >= 0.3 is 6.09 Å². The zero-order chi connectivity index (χ0) is 17.8. The molecule has 0 aliphatic rings. The second-order valence-corrected chi connectivity index (χ2v) is 8.03. The van der Waals surface area contributed by atoms with Gasteiger partial charge in [0.25, 0.3) is 0 Å². The Morgan fingerprint density at radius 2 is 1.70 bits per heavy atom. The van der Waals surface area contributed by atoms with Gasteiger partial charge in [0, 0.05) is 24.3 Å². The number of carbonyl (C=O) groups is 1. The Bertz CT molecular complexity index is 539. The van der Waals surface area contributed by atoms with E-state index < -0.39 is 5.60 Å². The summed E-state index contributed by atoms with van der Waals surface area (Å²) in [6.07, 6.45) is -0.271. The Hall–Kier alpha value is -1.71. The smallest absolute Gasteiger partial charge is 0.410 e. The average molecular weight is 320 g/mol. The van der Waals surface area contributed by atoms with E-state index in [9.17, 15) is 4.79 Å². The number of hydrogen-bond acceptors (Lipinski definition) is 3. The van der Waals surface area contributed by atoms with Crippen LogP contribution in [0.1, 0.15) is 52.7 Å². The lowest BCUT2D eigenvalue weighted by molar-refractivity contribution is 0.00749. The van der Waals surface area contributed by atoms with Crippen molar-refractivity contribution < 1.29 is 9.53 Å². The molecule has 130 valence electrons. The third-order valence-electron chi connectivity index (χ3n) is 3.60. The van der Waals surface area contributed by atoms with Crippen molar-refractivity contribution in [2.75, 3.05) is 18.4 Å². The second kappa shape index (κ2) is 7.24. The molecule has 4 nitrogen and oxygen atoms in total. The lowest BCUT2D eigenvalue weighted by Gasteiger charge is -2.37. The van der Waals surface area contributed by atoms with Crippen LogP contribution >= 0.6 is 0 Å². The zero-order valence-electron chi connectivity index (χ0n) is 15.9. The van der Waals surface area contributed by atoms with Crippen molar-refractivity contribution in [1.29, 1.82) is 0 Å². The molecule has 1 rings (SSSR count). The molecule has 0 aliphatic heterocycles. The molecule has 0 bridgehead atoms. The van der Waals surface area contributed by atoms with Crippen LogP contribution in [-0.4, -0.2) is 35.2 Å². The fraction of sp³-hybridized carbons (Fsp3) is 0.632. The van der Waals surface area contributed by atoms with Crippen molar-refractivity contribution in [2.45, 2.75) is 66.5 Å². The molecule has 0 radical (unpaired) electrons. The Morgan fingerprint density at radius 3 is 2.17 bits per heavy atom. The molecule has 0 fully saturated rings. The number of nitrogens with one attached hydrogen (secondary N) is 1. The molecule has 0 saturated carbocycles. The van der Waals surface area contributed by atoms with Crippen LogP contribution in [0.25, 0.3) is 0 Å². The van der Waals surface area contributed by atoms with E-state index in [-0.39, 0.29) is 11.6 Å². The van der Waals surface area contributed by atoms with E-state index >= 15 is 0 Å². The summed E-state index contributed by atoms with van der Waals surface area (Å²) in [6.45, 7) is 17.2. The average Bonchev–Trinajstić information content (AvgIpc) is 2.35. The maximum Gasteiger partial charge on any atom is 0.410 e. The normalized spacial score (nSPS) is 12.0. The summed E-state index contributed by atoms with van der Waals surface area (Å²) in [7, 11) is 0. The number of aryl methyl sites for hydroxylation is 2. The first-order valence-electron chi connectivity index (χ1n) is 8.22. The summed E-state index contributed by atoms with van der Waals surface area (Å²) >= 11 is 0. The van der Waals surface area contributed by atoms with Gasteiger partial charge in [-0.1, -0.05) is 6.07 Å². The van der Waals surface area contributed by atoms with Gasteiger partial charge in [0.2, 0.25) is 0 Å². The first kappa shape index (κ1) is 19.3. The van der Waals surface area contributed by atoms with E-state index in [0.717, 1.165) is 5.69 Å². The summed E-state index contributed by atoms with van der Waals surface area (Å²) in [4.78, 5) is 14.2. The number of hydrogen-bond donors (Lipinski definition) is 1. The van der Waals surface area contributed by atoms with Crippen molar-refractivity contribution in [1.82, 2.24) is 4.90 Å². The summed E-state index contributed by atoms with van der Waals surface area (Å²) in [5, 5.41) is 3.38. The second-order valence-electron chi connectivity index (χ2n) is 8.03. The zero-order valence-corrected chi connectivity index (χ0v) is 15.9. The van der Waals surface area contributed by atoms with E-state index in [1.165, 1.54) is 11.1 Å². The molecule has 0 atom stereocenters. The van der Waals surface area contributed by atoms with Crippen molar-refractivity contribution in [3.8, 4) is 0 Å². The number of ether oxygens (including phenoxy) is 1. The van der Waals surface area contributed by atoms with Crippen LogP contribution in [0.15, 0.2) is 18.2 Å². The van der Waals surface area contributed by atoms with Gasteiger partial charge in [0.1, 0.15) is 5.60 Å². The van der Waals surface area contributed by atoms with Gasteiger partial charge in [-0.2, -0.15) is 0 Å². The fourth-order valence-corrected chi connectivity index (χ4v) is 2.18. The predicted octanol–water partition coefficient (Wildman–Crippen LogP) is 4.75. The molecule has 0 saturated heterocycles. The lowest BCUT2D eigenvalue weighted by Crippen LogP contribution is -2.49. The first-order chi connectivity index (χ1) is 10.4. The van der Waals surface area contributed by atoms with Crippen LogP contribution in [0, 0.1) is 13.8 Å². The highest BCUT2D eigenvalue weighted by atomic mass is 16.6. The molecule has 0 unspecified atom stereocenters. The van der Waals surface area contributed by atoms with Gasteiger partial charge in [-0.25, -0.2) is 4.79 Å². The van der Waals surface area contributed by atoms with E-state index in [1.54, 1.807) is 4.90 Å². The molecule has 0 heterocycles. The Morgan fingerprint density at radius 1 is 1.09 bits per heavy atom. The van der Waals surface area contributed by atoms with Gasteiger partial charge in [0.05, 0.1) is 0 Å². The molecule has 4 heteroatoms. The quantitative estimate of drug-likeness (QED) is 0.870. The molecule has 1 aromatic rings. The molecule has 0 aliphatic carbocycles. The molecular weight excluding hydrogens is 288 g/mol. The van der Waals surface area contributed by atoms with Crippen molar-refractivity contribution in [2.24, 2.45) is 0 Å². The van der Waals surface area contributed by atoms with Gasteiger partial charge < -0.3 is 15.0 Å². The standard InChI is InChI=1S/C19H32N2O2/c1-14-9-10-16(13-15(14)2)20-11-12-21(18(3,4)5)17(22)23-19(6,7)8/h9-10,13,20H,11-12H2,1-8H3. The largest absolute Gasteiger partial charge is 0.444 e. The number of nitrogens with zero attached hydrogens (tertiary/aromatic N) is 1. The van der Waals surface area contributed by atoms with Gasteiger partial charge in [-0.15, -0.1) is 0 Å². The van der Waals surface area contributed by atoms with Crippen molar-refractivity contribution in [3.05, 3.63) is 29.3 Å². The van der Waals surface area contributed by atoms with Gasteiger partial charge in [-0.05, 0) is 78.6 Å². The number of carbonyl (C=O) groups excluding carboxylic acids is 1. The highest BCUT2D eigenvalue weighted by Gasteiger charge is 2.30. The van der Waals surface area contributed by atoms with Crippen LogP contribution in [0.3, 0.4) is 0 Å². The van der Waals surface area contributed by atoms with Crippen LogP contribution in [0.4, 0.5) is 10.5 Å². The van der Waals surface area contributed by atoms with Crippen molar-refractivity contribution in [3.63, 3.8) is 0 Å².